The zero-order valence-corrected chi connectivity index (χ0v) is 12.4. The van der Waals surface area contributed by atoms with Crippen molar-refractivity contribution in [1.82, 2.24) is 10.6 Å². The third-order valence-corrected chi connectivity index (χ3v) is 3.50. The molecule has 2 N–H and O–H groups in total. The van der Waals surface area contributed by atoms with E-state index in [1.165, 1.54) is 0 Å². The Hall–Kier alpha value is -0.770. The minimum absolute atomic E-state index is 0. The van der Waals surface area contributed by atoms with Crippen LogP contribution in [0.1, 0.15) is 18.4 Å². The summed E-state index contributed by atoms with van der Waals surface area (Å²) in [7, 11) is 0. The van der Waals surface area contributed by atoms with Gasteiger partial charge in [0.1, 0.15) is 0 Å². The molecule has 3 nitrogen and oxygen atoms in total. The van der Waals surface area contributed by atoms with Crippen LogP contribution in [-0.2, 0) is 11.2 Å². The van der Waals surface area contributed by atoms with Gasteiger partial charge in [0.05, 0.1) is 0 Å². The van der Waals surface area contributed by atoms with Crippen molar-refractivity contribution >= 4 is 29.9 Å². The molecular formula is C14H20Cl2N2O. The van der Waals surface area contributed by atoms with Gasteiger partial charge in [0.25, 0.3) is 0 Å². The van der Waals surface area contributed by atoms with Crippen LogP contribution in [0.5, 0.6) is 0 Å². The minimum Gasteiger partial charge on any atom is -0.356 e. The van der Waals surface area contributed by atoms with E-state index in [1.807, 2.05) is 24.3 Å². The first-order valence-electron chi connectivity index (χ1n) is 6.46. The minimum atomic E-state index is 0. The molecule has 1 aromatic carbocycles. The Morgan fingerprint density at radius 1 is 1.47 bits per heavy atom. The van der Waals surface area contributed by atoms with E-state index in [-0.39, 0.29) is 18.3 Å². The van der Waals surface area contributed by atoms with Crippen molar-refractivity contribution in [2.24, 2.45) is 5.92 Å². The maximum absolute atomic E-state index is 11.7. The summed E-state index contributed by atoms with van der Waals surface area (Å²) in [5, 5.41) is 6.99. The summed E-state index contributed by atoms with van der Waals surface area (Å²) in [6.45, 7) is 2.70. The Balaban J connectivity index is 0.00000180. The van der Waals surface area contributed by atoms with Gasteiger partial charge in [-0.1, -0.05) is 23.7 Å². The summed E-state index contributed by atoms with van der Waals surface area (Å²) < 4.78 is 0. The Morgan fingerprint density at radius 3 is 3.00 bits per heavy atom. The molecule has 2 rings (SSSR count). The lowest BCUT2D eigenvalue weighted by Gasteiger charge is -2.09. The van der Waals surface area contributed by atoms with Crippen LogP contribution >= 0.6 is 24.0 Å². The molecule has 0 aromatic heterocycles. The molecule has 0 saturated carbocycles. The Bertz CT molecular complexity index is 406. The van der Waals surface area contributed by atoms with Crippen molar-refractivity contribution in [3.63, 3.8) is 0 Å². The summed E-state index contributed by atoms with van der Waals surface area (Å²) in [5.74, 6) is 0.668. The Morgan fingerprint density at radius 2 is 2.32 bits per heavy atom. The molecule has 0 bridgehead atoms. The van der Waals surface area contributed by atoms with Crippen LogP contribution in [0.3, 0.4) is 0 Å². The van der Waals surface area contributed by atoms with E-state index >= 15 is 0 Å². The quantitative estimate of drug-likeness (QED) is 0.877. The SMILES string of the molecule is Cl.O=C(CC1CCNC1)NCCc1cccc(Cl)c1. The van der Waals surface area contributed by atoms with Gasteiger partial charge in [-0.05, 0) is 49.5 Å². The molecule has 1 atom stereocenters. The number of carbonyl (C=O) groups is 1. The highest BCUT2D eigenvalue weighted by Gasteiger charge is 2.17. The highest BCUT2D eigenvalue weighted by Crippen LogP contribution is 2.12. The first kappa shape index (κ1) is 16.3. The zero-order chi connectivity index (χ0) is 12.8. The van der Waals surface area contributed by atoms with Crippen molar-refractivity contribution in [2.45, 2.75) is 19.3 Å². The molecule has 0 aliphatic carbocycles. The van der Waals surface area contributed by atoms with Crippen molar-refractivity contribution in [1.29, 1.82) is 0 Å². The maximum Gasteiger partial charge on any atom is 0.220 e. The first-order valence-corrected chi connectivity index (χ1v) is 6.83. The summed E-state index contributed by atoms with van der Waals surface area (Å²) in [4.78, 5) is 11.7. The molecule has 1 fully saturated rings. The summed E-state index contributed by atoms with van der Waals surface area (Å²) in [5.41, 5.74) is 1.16. The van der Waals surface area contributed by atoms with E-state index in [2.05, 4.69) is 10.6 Å². The standard InChI is InChI=1S/C14H19ClN2O.ClH/c15-13-3-1-2-11(8-13)5-7-17-14(18)9-12-4-6-16-10-12;/h1-3,8,12,16H,4-7,9-10H2,(H,17,18);1H. The van der Waals surface area contributed by atoms with Gasteiger partial charge in [-0.3, -0.25) is 4.79 Å². The first-order chi connectivity index (χ1) is 8.74. The van der Waals surface area contributed by atoms with Crippen molar-refractivity contribution < 1.29 is 4.79 Å². The second-order valence-electron chi connectivity index (χ2n) is 4.79. The predicted octanol–water partition coefficient (Wildman–Crippen LogP) is 2.42. The number of amides is 1. The number of hydrogen-bond acceptors (Lipinski definition) is 2. The molecule has 1 aromatic rings. The van der Waals surface area contributed by atoms with Gasteiger partial charge in [0.15, 0.2) is 0 Å². The zero-order valence-electron chi connectivity index (χ0n) is 10.8. The molecule has 106 valence electrons. The largest absolute Gasteiger partial charge is 0.356 e. The predicted molar refractivity (Wildman–Crippen MR) is 81.0 cm³/mol. The number of hydrogen-bond donors (Lipinski definition) is 2. The van der Waals surface area contributed by atoms with Crippen LogP contribution in [0.4, 0.5) is 0 Å². The van der Waals surface area contributed by atoms with E-state index in [0.717, 1.165) is 36.5 Å². The Kier molecular flexibility index (Phi) is 7.21. The van der Waals surface area contributed by atoms with E-state index in [4.69, 9.17) is 11.6 Å². The van der Waals surface area contributed by atoms with Crippen molar-refractivity contribution in [2.75, 3.05) is 19.6 Å². The molecule has 1 heterocycles. The topological polar surface area (TPSA) is 41.1 Å². The number of carbonyl (C=O) groups excluding carboxylic acids is 1. The normalized spacial score (nSPS) is 17.8. The fourth-order valence-electron chi connectivity index (χ4n) is 2.26. The van der Waals surface area contributed by atoms with Crippen LogP contribution in [0.25, 0.3) is 0 Å². The van der Waals surface area contributed by atoms with E-state index in [1.54, 1.807) is 0 Å². The van der Waals surface area contributed by atoms with Crippen molar-refractivity contribution in [3.05, 3.63) is 34.9 Å². The molecule has 5 heteroatoms. The van der Waals surface area contributed by atoms with Crippen LogP contribution in [0, 0.1) is 5.92 Å². The number of halogens is 2. The lowest BCUT2D eigenvalue weighted by atomic mass is 10.0. The van der Waals surface area contributed by atoms with Gasteiger partial charge >= 0.3 is 0 Å². The number of rotatable bonds is 5. The molecule has 1 unspecified atom stereocenters. The van der Waals surface area contributed by atoms with Gasteiger partial charge in [-0.25, -0.2) is 0 Å². The highest BCUT2D eigenvalue weighted by atomic mass is 35.5. The summed E-state index contributed by atoms with van der Waals surface area (Å²) >= 11 is 5.91. The fourth-order valence-corrected chi connectivity index (χ4v) is 2.47. The molecule has 0 spiro atoms. The third-order valence-electron chi connectivity index (χ3n) is 3.26. The number of benzene rings is 1. The van der Waals surface area contributed by atoms with Crippen LogP contribution in [0.15, 0.2) is 24.3 Å². The highest BCUT2D eigenvalue weighted by molar-refractivity contribution is 6.30. The number of nitrogens with one attached hydrogen (secondary N) is 2. The van der Waals surface area contributed by atoms with Crippen LogP contribution in [0.2, 0.25) is 5.02 Å². The molecule has 1 saturated heterocycles. The second-order valence-corrected chi connectivity index (χ2v) is 5.23. The fraction of sp³-hybridized carbons (Fsp3) is 0.500. The van der Waals surface area contributed by atoms with Gasteiger partial charge < -0.3 is 10.6 Å². The average molecular weight is 303 g/mol. The van der Waals surface area contributed by atoms with Crippen molar-refractivity contribution in [3.8, 4) is 0 Å². The van der Waals surface area contributed by atoms with Crippen LogP contribution < -0.4 is 10.6 Å². The van der Waals surface area contributed by atoms with Gasteiger partial charge in [0, 0.05) is 18.0 Å². The van der Waals surface area contributed by atoms with E-state index in [0.29, 0.717) is 18.9 Å². The Labute approximate surface area is 125 Å². The maximum atomic E-state index is 11.7. The summed E-state index contributed by atoms with van der Waals surface area (Å²) in [6, 6.07) is 7.76. The molecule has 1 amide bonds. The van der Waals surface area contributed by atoms with Gasteiger partial charge in [-0.2, -0.15) is 0 Å². The van der Waals surface area contributed by atoms with E-state index < -0.39 is 0 Å². The molecule has 1 aliphatic rings. The van der Waals surface area contributed by atoms with Gasteiger partial charge in [0.2, 0.25) is 5.91 Å². The average Bonchev–Trinajstić information content (AvgIpc) is 2.82. The third kappa shape index (κ3) is 5.81. The van der Waals surface area contributed by atoms with E-state index in [9.17, 15) is 4.79 Å². The lowest BCUT2D eigenvalue weighted by Crippen LogP contribution is -2.28. The van der Waals surface area contributed by atoms with Gasteiger partial charge in [-0.15, -0.1) is 12.4 Å². The monoisotopic (exact) mass is 302 g/mol. The second kappa shape index (κ2) is 8.41. The summed E-state index contributed by atoms with van der Waals surface area (Å²) in [6.07, 6.45) is 2.58. The molecular weight excluding hydrogens is 283 g/mol. The molecule has 1 aliphatic heterocycles. The molecule has 0 radical (unpaired) electrons. The lowest BCUT2D eigenvalue weighted by molar-refractivity contribution is -0.121. The smallest absolute Gasteiger partial charge is 0.220 e. The van der Waals surface area contributed by atoms with Crippen LogP contribution in [-0.4, -0.2) is 25.5 Å². The molecule has 19 heavy (non-hydrogen) atoms.